The minimum atomic E-state index is 0.351. The van der Waals surface area contributed by atoms with Gasteiger partial charge in [0, 0.05) is 0 Å². The van der Waals surface area contributed by atoms with Crippen LogP contribution in [-0.4, -0.2) is 16.8 Å². The predicted molar refractivity (Wildman–Crippen MR) is 51.9 cm³/mol. The van der Waals surface area contributed by atoms with Gasteiger partial charge in [-0.2, -0.15) is 0 Å². The van der Waals surface area contributed by atoms with Crippen molar-refractivity contribution in [3.63, 3.8) is 0 Å². The van der Waals surface area contributed by atoms with Crippen molar-refractivity contribution in [1.82, 2.24) is 0 Å². The Hall–Kier alpha value is 1.38. The molecule has 1 fully saturated rings. The van der Waals surface area contributed by atoms with E-state index in [9.17, 15) is 0 Å². The van der Waals surface area contributed by atoms with Crippen LogP contribution in [0.4, 0.5) is 0 Å². The van der Waals surface area contributed by atoms with Crippen molar-refractivity contribution < 1.29 is 7.80 Å². The number of hydrogen-bond donors (Lipinski definition) is 0. The van der Waals surface area contributed by atoms with E-state index in [-0.39, 0.29) is 0 Å². The molecule has 0 N–H and O–H groups in total. The molecule has 4 heteroatoms. The van der Waals surface area contributed by atoms with Gasteiger partial charge in [-0.1, -0.05) is 22.6 Å². The normalized spacial score (nSPS) is 35.3. The molecule has 0 aromatic carbocycles. The van der Waals surface area contributed by atoms with Crippen LogP contribution in [0.15, 0.2) is 0 Å². The average molecular weight is 354 g/mol. The molecule has 2 atom stereocenters. The average Bonchev–Trinajstić information content (AvgIpc) is 2.17. The fourth-order valence-corrected chi connectivity index (χ4v) is 2.03. The van der Waals surface area contributed by atoms with Gasteiger partial charge in [0.25, 0.3) is 0 Å². The molecule has 1 aliphatic heterocycles. The van der Waals surface area contributed by atoms with Gasteiger partial charge in [0.15, 0.2) is 0 Å². The Balaban J connectivity index is 2.14. The summed E-state index contributed by atoms with van der Waals surface area (Å²) in [6.45, 7) is 0.736. The summed E-state index contributed by atoms with van der Waals surface area (Å²) in [4.78, 5) is 0. The van der Waals surface area contributed by atoms with Crippen molar-refractivity contribution in [3.05, 3.63) is 0 Å². The summed E-state index contributed by atoms with van der Waals surface area (Å²) in [5, 5.41) is 0. The Labute approximate surface area is 82.5 Å². The number of alkyl halides is 1. The summed E-state index contributed by atoms with van der Waals surface area (Å²) in [6, 6.07) is 0. The fraction of sp³-hybridized carbons (Fsp3) is 1.00. The third-order valence-electron chi connectivity index (χ3n) is 1.30. The van der Waals surface area contributed by atoms with E-state index in [1.807, 2.05) is 23.0 Å². The van der Waals surface area contributed by atoms with E-state index in [0.717, 1.165) is 13.0 Å². The highest BCUT2D eigenvalue weighted by Gasteiger charge is 2.22. The zero-order chi connectivity index (χ0) is 6.69. The van der Waals surface area contributed by atoms with Crippen molar-refractivity contribution >= 4 is 45.6 Å². The maximum absolute atomic E-state index is 5.46. The largest absolute Gasteiger partial charge is 0.362 e. The second-order valence-electron chi connectivity index (χ2n) is 2.02. The SMILES string of the molecule is IOCC1CCC(I)O1. The van der Waals surface area contributed by atoms with E-state index in [0.29, 0.717) is 10.2 Å². The van der Waals surface area contributed by atoms with E-state index in [4.69, 9.17) is 7.80 Å². The van der Waals surface area contributed by atoms with Crippen molar-refractivity contribution in [2.45, 2.75) is 23.1 Å². The molecular formula is C5H8I2O2. The van der Waals surface area contributed by atoms with Crippen LogP contribution in [-0.2, 0) is 7.80 Å². The quantitative estimate of drug-likeness (QED) is 0.560. The van der Waals surface area contributed by atoms with E-state index in [1.165, 1.54) is 6.42 Å². The first-order valence-corrected chi connectivity index (χ1v) is 4.98. The Morgan fingerprint density at radius 3 is 2.78 bits per heavy atom. The highest BCUT2D eigenvalue weighted by Crippen LogP contribution is 2.24. The van der Waals surface area contributed by atoms with E-state index >= 15 is 0 Å². The molecule has 2 unspecified atom stereocenters. The molecular weight excluding hydrogens is 346 g/mol. The van der Waals surface area contributed by atoms with Gasteiger partial charge in [0.2, 0.25) is 0 Å². The standard InChI is InChI=1S/C5H8I2O2/c6-5-2-1-4(9-5)3-8-7/h4-5H,1-3H2. The zero-order valence-corrected chi connectivity index (χ0v) is 9.16. The van der Waals surface area contributed by atoms with Gasteiger partial charge in [-0.15, -0.1) is 0 Å². The van der Waals surface area contributed by atoms with Crippen LogP contribution >= 0.6 is 45.6 Å². The molecule has 0 aromatic rings. The molecule has 1 heterocycles. The van der Waals surface area contributed by atoms with Gasteiger partial charge in [-0.05, 0) is 12.8 Å². The molecule has 0 amide bonds. The van der Waals surface area contributed by atoms with Gasteiger partial charge in [0.1, 0.15) is 27.1 Å². The highest BCUT2D eigenvalue weighted by atomic mass is 127. The van der Waals surface area contributed by atoms with Gasteiger partial charge in [-0.3, -0.25) is 0 Å². The minimum Gasteiger partial charge on any atom is -0.362 e. The van der Waals surface area contributed by atoms with Crippen LogP contribution in [0.2, 0.25) is 0 Å². The van der Waals surface area contributed by atoms with Crippen LogP contribution < -0.4 is 0 Å². The lowest BCUT2D eigenvalue weighted by atomic mass is 10.2. The second-order valence-corrected chi connectivity index (χ2v) is 4.03. The Bertz CT molecular complexity index is 87.0. The number of ether oxygens (including phenoxy) is 1. The van der Waals surface area contributed by atoms with Crippen molar-refractivity contribution in [3.8, 4) is 0 Å². The lowest BCUT2D eigenvalue weighted by molar-refractivity contribution is 0.0733. The smallest absolute Gasteiger partial charge is 0.109 e. The maximum atomic E-state index is 5.46. The van der Waals surface area contributed by atoms with Crippen LogP contribution in [0, 0.1) is 0 Å². The second kappa shape index (κ2) is 4.30. The van der Waals surface area contributed by atoms with Crippen molar-refractivity contribution in [1.29, 1.82) is 0 Å². The summed E-state index contributed by atoms with van der Waals surface area (Å²) in [6.07, 6.45) is 2.67. The number of hydrogen-bond acceptors (Lipinski definition) is 2. The minimum absolute atomic E-state index is 0.351. The molecule has 2 nitrogen and oxygen atoms in total. The van der Waals surface area contributed by atoms with Gasteiger partial charge >= 0.3 is 0 Å². The lowest BCUT2D eigenvalue weighted by Gasteiger charge is -2.06. The first-order valence-electron chi connectivity index (χ1n) is 2.86. The number of halogens is 2. The third-order valence-corrected chi connectivity index (χ3v) is 2.58. The molecule has 54 valence electrons. The molecule has 0 aliphatic carbocycles. The summed E-state index contributed by atoms with van der Waals surface area (Å²) in [5.41, 5.74) is 0. The summed E-state index contributed by atoms with van der Waals surface area (Å²) in [7, 11) is 0. The zero-order valence-electron chi connectivity index (χ0n) is 4.85. The van der Waals surface area contributed by atoms with Crippen LogP contribution in [0.25, 0.3) is 0 Å². The van der Waals surface area contributed by atoms with Gasteiger partial charge in [0.05, 0.1) is 12.7 Å². The molecule has 9 heavy (non-hydrogen) atoms. The molecule has 0 spiro atoms. The lowest BCUT2D eigenvalue weighted by Crippen LogP contribution is -2.11. The first-order chi connectivity index (χ1) is 4.33. The molecule has 1 rings (SSSR count). The third kappa shape index (κ3) is 2.85. The Kier molecular flexibility index (Phi) is 4.05. The van der Waals surface area contributed by atoms with E-state index < -0.39 is 0 Å². The molecule has 0 aromatic heterocycles. The fourth-order valence-electron chi connectivity index (χ4n) is 0.855. The van der Waals surface area contributed by atoms with E-state index in [2.05, 4.69) is 22.6 Å². The monoisotopic (exact) mass is 354 g/mol. The van der Waals surface area contributed by atoms with Crippen LogP contribution in [0.3, 0.4) is 0 Å². The highest BCUT2D eigenvalue weighted by molar-refractivity contribution is 14.1. The topological polar surface area (TPSA) is 18.5 Å². The van der Waals surface area contributed by atoms with Gasteiger partial charge < -0.3 is 7.80 Å². The molecule has 0 bridgehead atoms. The van der Waals surface area contributed by atoms with Gasteiger partial charge in [-0.25, -0.2) is 0 Å². The summed E-state index contributed by atoms with van der Waals surface area (Å²) in [5.74, 6) is 0. The van der Waals surface area contributed by atoms with E-state index in [1.54, 1.807) is 0 Å². The Morgan fingerprint density at radius 2 is 2.33 bits per heavy atom. The van der Waals surface area contributed by atoms with Crippen LogP contribution in [0.5, 0.6) is 0 Å². The van der Waals surface area contributed by atoms with Crippen molar-refractivity contribution in [2.24, 2.45) is 0 Å². The molecule has 0 saturated carbocycles. The van der Waals surface area contributed by atoms with Crippen LogP contribution in [0.1, 0.15) is 12.8 Å². The molecule has 1 aliphatic rings. The van der Waals surface area contributed by atoms with Crippen molar-refractivity contribution in [2.75, 3.05) is 6.61 Å². The molecule has 1 saturated heterocycles. The summed E-state index contributed by atoms with van der Waals surface area (Å²) >= 11 is 4.21. The summed E-state index contributed by atoms with van der Waals surface area (Å²) < 4.78 is 10.8. The number of rotatable bonds is 2. The maximum Gasteiger partial charge on any atom is 0.109 e. The molecule has 0 radical (unpaired) electrons. The Morgan fingerprint density at radius 1 is 1.56 bits per heavy atom. The predicted octanol–water partition coefficient (Wildman–Crippen LogP) is 2.29. The first kappa shape index (κ1) is 8.48.